The van der Waals surface area contributed by atoms with Crippen LogP contribution in [0.3, 0.4) is 0 Å². The van der Waals surface area contributed by atoms with Crippen molar-refractivity contribution < 1.29 is 0 Å². The van der Waals surface area contributed by atoms with Crippen LogP contribution in [0.15, 0.2) is 54.6 Å². The van der Waals surface area contributed by atoms with Crippen LogP contribution in [0.5, 0.6) is 0 Å². The van der Waals surface area contributed by atoms with Gasteiger partial charge in [-0.15, -0.1) is 0 Å². The fraction of sp³-hybridized carbons (Fsp3) is 0.368. The van der Waals surface area contributed by atoms with Crippen LogP contribution in [0.4, 0.5) is 0 Å². The predicted octanol–water partition coefficient (Wildman–Crippen LogP) is 5.05. The van der Waals surface area contributed by atoms with Gasteiger partial charge in [0.05, 0.1) is 0 Å². The van der Waals surface area contributed by atoms with Crippen molar-refractivity contribution in [3.8, 4) is 11.1 Å². The molecule has 0 saturated carbocycles. The van der Waals surface area contributed by atoms with Gasteiger partial charge in [-0.05, 0) is 36.5 Å². The zero-order chi connectivity index (χ0) is 14.5. The predicted molar refractivity (Wildman–Crippen MR) is 87.7 cm³/mol. The Morgan fingerprint density at radius 1 is 0.700 bits per heavy atom. The minimum Gasteiger partial charge on any atom is -0.307 e. The molecule has 0 amide bonds. The molecule has 0 aliphatic carbocycles. The molecule has 2 aromatic carbocycles. The third-order valence-electron chi connectivity index (χ3n) is 4.03. The largest absolute Gasteiger partial charge is 0.307 e. The summed E-state index contributed by atoms with van der Waals surface area (Å²) in [7, 11) is 0. The summed E-state index contributed by atoms with van der Waals surface area (Å²) in [5, 5.41) is 3.65. The molecule has 0 bridgehead atoms. The van der Waals surface area contributed by atoms with Gasteiger partial charge in [-0.3, -0.25) is 0 Å². The van der Waals surface area contributed by atoms with Crippen molar-refractivity contribution in [1.29, 1.82) is 0 Å². The first-order valence-electron chi connectivity index (χ1n) is 7.49. The highest BCUT2D eigenvalue weighted by molar-refractivity contribution is 5.63. The molecule has 2 rings (SSSR count). The molecule has 0 aromatic heterocycles. The molecule has 0 fully saturated rings. The first kappa shape index (κ1) is 14.8. The van der Waals surface area contributed by atoms with Crippen molar-refractivity contribution in [1.82, 2.24) is 5.32 Å². The van der Waals surface area contributed by atoms with Gasteiger partial charge < -0.3 is 5.32 Å². The van der Waals surface area contributed by atoms with Crippen LogP contribution in [-0.4, -0.2) is 6.04 Å². The Labute approximate surface area is 123 Å². The van der Waals surface area contributed by atoms with Crippen LogP contribution in [0.1, 0.15) is 39.3 Å². The quantitative estimate of drug-likeness (QED) is 0.799. The van der Waals surface area contributed by atoms with Gasteiger partial charge in [0.15, 0.2) is 0 Å². The zero-order valence-electron chi connectivity index (χ0n) is 12.9. The van der Waals surface area contributed by atoms with Crippen molar-refractivity contribution >= 4 is 0 Å². The van der Waals surface area contributed by atoms with E-state index in [2.05, 4.69) is 87.6 Å². The molecular weight excluding hydrogens is 242 g/mol. The average molecular weight is 267 g/mol. The SMILES string of the molecule is CC(NC(C)C(C)C)c1ccc(-c2ccccc2)cc1. The minimum atomic E-state index is 0.386. The van der Waals surface area contributed by atoms with Crippen molar-refractivity contribution in [3.05, 3.63) is 60.2 Å². The third kappa shape index (κ3) is 3.71. The Bertz CT molecular complexity index is 513. The van der Waals surface area contributed by atoms with Crippen LogP contribution in [0.2, 0.25) is 0 Å². The number of hydrogen-bond donors (Lipinski definition) is 1. The summed E-state index contributed by atoms with van der Waals surface area (Å²) in [6.45, 7) is 8.99. The highest BCUT2D eigenvalue weighted by Crippen LogP contribution is 2.22. The molecule has 1 nitrogen and oxygen atoms in total. The van der Waals surface area contributed by atoms with Crippen LogP contribution in [0.25, 0.3) is 11.1 Å². The van der Waals surface area contributed by atoms with Gasteiger partial charge in [0, 0.05) is 12.1 Å². The Morgan fingerprint density at radius 3 is 1.80 bits per heavy atom. The maximum Gasteiger partial charge on any atom is 0.0294 e. The summed E-state index contributed by atoms with van der Waals surface area (Å²) < 4.78 is 0. The molecule has 1 N–H and O–H groups in total. The van der Waals surface area contributed by atoms with E-state index in [9.17, 15) is 0 Å². The second kappa shape index (κ2) is 6.71. The lowest BCUT2D eigenvalue weighted by molar-refractivity contribution is 0.389. The van der Waals surface area contributed by atoms with E-state index in [1.165, 1.54) is 16.7 Å². The summed E-state index contributed by atoms with van der Waals surface area (Å²) in [5.74, 6) is 0.654. The number of benzene rings is 2. The van der Waals surface area contributed by atoms with Gasteiger partial charge in [-0.25, -0.2) is 0 Å². The zero-order valence-corrected chi connectivity index (χ0v) is 12.9. The van der Waals surface area contributed by atoms with E-state index in [1.54, 1.807) is 0 Å². The molecule has 2 aromatic rings. The molecule has 0 aliphatic rings. The Balaban J connectivity index is 2.08. The van der Waals surface area contributed by atoms with E-state index in [0.717, 1.165) is 0 Å². The highest BCUT2D eigenvalue weighted by Gasteiger charge is 2.12. The van der Waals surface area contributed by atoms with Crippen molar-refractivity contribution in [2.75, 3.05) is 0 Å². The topological polar surface area (TPSA) is 12.0 Å². The molecule has 0 saturated heterocycles. The molecule has 1 heteroatoms. The standard InChI is InChI=1S/C19H25N/c1-14(2)15(3)20-16(4)17-10-12-19(13-11-17)18-8-6-5-7-9-18/h5-16,20H,1-4H3. The van der Waals surface area contributed by atoms with E-state index in [4.69, 9.17) is 0 Å². The molecule has 106 valence electrons. The van der Waals surface area contributed by atoms with Crippen molar-refractivity contribution in [3.63, 3.8) is 0 Å². The van der Waals surface area contributed by atoms with E-state index in [-0.39, 0.29) is 0 Å². The Morgan fingerprint density at radius 2 is 1.25 bits per heavy atom. The second-order valence-corrected chi connectivity index (χ2v) is 5.91. The number of hydrogen-bond acceptors (Lipinski definition) is 1. The molecule has 2 atom stereocenters. The second-order valence-electron chi connectivity index (χ2n) is 5.91. The van der Waals surface area contributed by atoms with Gasteiger partial charge in [0.1, 0.15) is 0 Å². The van der Waals surface area contributed by atoms with E-state index in [0.29, 0.717) is 18.0 Å². The number of rotatable bonds is 5. The molecule has 0 aliphatic heterocycles. The van der Waals surface area contributed by atoms with Gasteiger partial charge >= 0.3 is 0 Å². The summed E-state index contributed by atoms with van der Waals surface area (Å²) in [6.07, 6.45) is 0. The van der Waals surface area contributed by atoms with E-state index in [1.807, 2.05) is 0 Å². The van der Waals surface area contributed by atoms with Gasteiger partial charge in [-0.1, -0.05) is 68.4 Å². The molecule has 0 spiro atoms. The maximum atomic E-state index is 3.65. The number of nitrogens with one attached hydrogen (secondary N) is 1. The third-order valence-corrected chi connectivity index (χ3v) is 4.03. The lowest BCUT2D eigenvalue weighted by atomic mass is 9.99. The van der Waals surface area contributed by atoms with Crippen molar-refractivity contribution in [2.24, 2.45) is 5.92 Å². The minimum absolute atomic E-state index is 0.386. The summed E-state index contributed by atoms with van der Waals surface area (Å²) in [5.41, 5.74) is 3.89. The first-order valence-corrected chi connectivity index (χ1v) is 7.49. The van der Waals surface area contributed by atoms with Crippen LogP contribution < -0.4 is 5.32 Å². The van der Waals surface area contributed by atoms with Crippen LogP contribution in [-0.2, 0) is 0 Å². The lowest BCUT2D eigenvalue weighted by Crippen LogP contribution is -2.32. The maximum absolute atomic E-state index is 3.65. The fourth-order valence-corrected chi connectivity index (χ4v) is 2.28. The average Bonchev–Trinajstić information content (AvgIpc) is 2.48. The van der Waals surface area contributed by atoms with E-state index >= 15 is 0 Å². The van der Waals surface area contributed by atoms with Crippen LogP contribution >= 0.6 is 0 Å². The van der Waals surface area contributed by atoms with Crippen molar-refractivity contribution in [2.45, 2.75) is 39.8 Å². The fourth-order valence-electron chi connectivity index (χ4n) is 2.28. The van der Waals surface area contributed by atoms with Crippen LogP contribution in [0, 0.1) is 5.92 Å². The van der Waals surface area contributed by atoms with Gasteiger partial charge in [-0.2, -0.15) is 0 Å². The summed E-state index contributed by atoms with van der Waals surface area (Å²) in [6, 6.07) is 20.3. The summed E-state index contributed by atoms with van der Waals surface area (Å²) >= 11 is 0. The molecule has 2 unspecified atom stereocenters. The molecule has 0 radical (unpaired) electrons. The molecule has 20 heavy (non-hydrogen) atoms. The monoisotopic (exact) mass is 267 g/mol. The van der Waals surface area contributed by atoms with Gasteiger partial charge in [0.25, 0.3) is 0 Å². The normalized spacial score (nSPS) is 14.2. The highest BCUT2D eigenvalue weighted by atomic mass is 14.9. The smallest absolute Gasteiger partial charge is 0.0294 e. The summed E-state index contributed by atoms with van der Waals surface area (Å²) in [4.78, 5) is 0. The lowest BCUT2D eigenvalue weighted by Gasteiger charge is -2.23. The van der Waals surface area contributed by atoms with Gasteiger partial charge in [0.2, 0.25) is 0 Å². The Hall–Kier alpha value is -1.60. The first-order chi connectivity index (χ1) is 9.58. The van der Waals surface area contributed by atoms with E-state index < -0.39 is 0 Å². The molecule has 0 heterocycles. The molecular formula is C19H25N. The Kier molecular flexibility index (Phi) is 4.97.